The van der Waals surface area contributed by atoms with Crippen LogP contribution in [0.5, 0.6) is 0 Å². The zero-order chi connectivity index (χ0) is 11.8. The molecule has 0 aliphatic carbocycles. The Bertz CT molecular complexity index is 612. The lowest BCUT2D eigenvalue weighted by molar-refractivity contribution is 0.102. The zero-order valence-electron chi connectivity index (χ0n) is 8.74. The summed E-state index contributed by atoms with van der Waals surface area (Å²) in [7, 11) is 0. The van der Waals surface area contributed by atoms with E-state index in [0.29, 0.717) is 10.5 Å². The molecule has 2 aromatic rings. The van der Waals surface area contributed by atoms with Crippen molar-refractivity contribution in [1.29, 1.82) is 0 Å². The molecule has 0 spiro atoms. The number of hydrogen-bond donors (Lipinski definition) is 1. The third-order valence-electron chi connectivity index (χ3n) is 2.56. The molecule has 1 N–H and O–H groups in total. The van der Waals surface area contributed by atoms with Crippen molar-refractivity contribution < 1.29 is 9.18 Å². The molecule has 1 aliphatic heterocycles. The number of fused-ring (bicyclic) bond motifs is 2. The Labute approximate surface area is 102 Å². The van der Waals surface area contributed by atoms with Gasteiger partial charge in [0.2, 0.25) is 0 Å². The highest BCUT2D eigenvalue weighted by Gasteiger charge is 2.21. The summed E-state index contributed by atoms with van der Waals surface area (Å²) in [6, 6.07) is 11.9. The summed E-state index contributed by atoms with van der Waals surface area (Å²) in [6.45, 7) is 0. The lowest BCUT2D eigenvalue weighted by atomic mass is 10.2. The van der Waals surface area contributed by atoms with Gasteiger partial charge in [-0.05, 0) is 24.3 Å². The van der Waals surface area contributed by atoms with Crippen molar-refractivity contribution in [2.45, 2.75) is 9.79 Å². The van der Waals surface area contributed by atoms with Crippen LogP contribution in [0.3, 0.4) is 0 Å². The number of para-hydroxylation sites is 1. The fraction of sp³-hybridized carbons (Fsp3) is 0. The average molecular weight is 245 g/mol. The molecule has 0 bridgehead atoms. The Kier molecular flexibility index (Phi) is 2.37. The Morgan fingerprint density at radius 3 is 2.76 bits per heavy atom. The van der Waals surface area contributed by atoms with Gasteiger partial charge < -0.3 is 5.32 Å². The molecule has 0 atom stereocenters. The van der Waals surface area contributed by atoms with Crippen LogP contribution in [-0.2, 0) is 0 Å². The highest BCUT2D eigenvalue weighted by Crippen LogP contribution is 2.39. The molecule has 0 radical (unpaired) electrons. The minimum absolute atomic E-state index is 0.267. The van der Waals surface area contributed by atoms with Gasteiger partial charge in [-0.1, -0.05) is 30.0 Å². The molecule has 1 aliphatic rings. The summed E-state index contributed by atoms with van der Waals surface area (Å²) in [5.74, 6) is -0.628. The predicted octanol–water partition coefficient (Wildman–Crippen LogP) is 3.54. The summed E-state index contributed by atoms with van der Waals surface area (Å²) < 4.78 is 13.7. The van der Waals surface area contributed by atoms with E-state index in [1.165, 1.54) is 17.8 Å². The number of rotatable bonds is 0. The van der Waals surface area contributed by atoms with E-state index in [1.54, 1.807) is 12.1 Å². The van der Waals surface area contributed by atoms with Gasteiger partial charge in [-0.15, -0.1) is 0 Å². The largest absolute Gasteiger partial charge is 0.321 e. The van der Waals surface area contributed by atoms with Gasteiger partial charge in [0.1, 0.15) is 5.82 Å². The molecule has 84 valence electrons. The lowest BCUT2D eigenvalue weighted by Gasteiger charge is -2.04. The Hall–Kier alpha value is -1.81. The molecular formula is C13H8FNOS. The van der Waals surface area contributed by atoms with Crippen LogP contribution in [0.1, 0.15) is 10.4 Å². The van der Waals surface area contributed by atoms with Gasteiger partial charge >= 0.3 is 0 Å². The van der Waals surface area contributed by atoms with Crippen LogP contribution in [0, 0.1) is 5.82 Å². The van der Waals surface area contributed by atoms with E-state index in [2.05, 4.69) is 5.32 Å². The molecule has 0 aromatic heterocycles. The van der Waals surface area contributed by atoms with Crippen molar-refractivity contribution in [1.82, 2.24) is 0 Å². The fourth-order valence-corrected chi connectivity index (χ4v) is 2.78. The number of anilines is 1. The van der Waals surface area contributed by atoms with Crippen molar-refractivity contribution in [3.05, 3.63) is 53.8 Å². The molecule has 4 heteroatoms. The third kappa shape index (κ3) is 1.70. The first-order valence-corrected chi connectivity index (χ1v) is 5.94. The maximum Gasteiger partial charge on any atom is 0.256 e. The number of amides is 1. The normalized spacial score (nSPS) is 13.4. The van der Waals surface area contributed by atoms with E-state index in [-0.39, 0.29) is 11.7 Å². The first-order valence-electron chi connectivity index (χ1n) is 5.12. The van der Waals surface area contributed by atoms with Crippen molar-refractivity contribution in [2.75, 3.05) is 5.32 Å². The smallest absolute Gasteiger partial charge is 0.256 e. The van der Waals surface area contributed by atoms with Crippen LogP contribution in [0.2, 0.25) is 0 Å². The van der Waals surface area contributed by atoms with Crippen LogP contribution < -0.4 is 5.32 Å². The van der Waals surface area contributed by atoms with E-state index in [0.717, 1.165) is 10.6 Å². The number of hydrogen-bond acceptors (Lipinski definition) is 2. The van der Waals surface area contributed by atoms with Gasteiger partial charge in [0.05, 0.1) is 16.1 Å². The standard InChI is InChI=1S/C13H8FNOS/c14-9-5-3-4-8-12(9)17-11-7-2-1-6-10(11)15-13(8)16/h1-7H,(H,15,16). The van der Waals surface area contributed by atoms with Gasteiger partial charge in [-0.25, -0.2) is 4.39 Å². The van der Waals surface area contributed by atoms with Crippen molar-refractivity contribution in [3.63, 3.8) is 0 Å². The summed E-state index contributed by atoms with van der Waals surface area (Å²) in [5.41, 5.74) is 1.10. The fourth-order valence-electron chi connectivity index (χ4n) is 1.75. The van der Waals surface area contributed by atoms with Crippen molar-refractivity contribution in [2.24, 2.45) is 0 Å². The van der Waals surface area contributed by atoms with E-state index in [1.807, 2.05) is 24.3 Å². The highest BCUT2D eigenvalue weighted by molar-refractivity contribution is 7.99. The van der Waals surface area contributed by atoms with Gasteiger partial charge in [0.25, 0.3) is 5.91 Å². The summed E-state index contributed by atoms with van der Waals surface area (Å²) >= 11 is 1.28. The molecule has 0 unspecified atom stereocenters. The van der Waals surface area contributed by atoms with Crippen LogP contribution in [-0.4, -0.2) is 5.91 Å². The minimum atomic E-state index is -0.362. The monoisotopic (exact) mass is 245 g/mol. The maximum atomic E-state index is 13.7. The van der Waals surface area contributed by atoms with Crippen LogP contribution in [0.4, 0.5) is 10.1 Å². The molecule has 17 heavy (non-hydrogen) atoms. The Morgan fingerprint density at radius 1 is 1.06 bits per heavy atom. The van der Waals surface area contributed by atoms with E-state index in [9.17, 15) is 9.18 Å². The number of benzene rings is 2. The molecule has 2 aromatic carbocycles. The molecule has 0 fully saturated rings. The first-order chi connectivity index (χ1) is 8.25. The van der Waals surface area contributed by atoms with Gasteiger partial charge in [0, 0.05) is 4.90 Å². The van der Waals surface area contributed by atoms with Crippen molar-refractivity contribution >= 4 is 23.4 Å². The number of carbonyl (C=O) groups excluding carboxylic acids is 1. The van der Waals surface area contributed by atoms with Crippen LogP contribution in [0.25, 0.3) is 0 Å². The SMILES string of the molecule is O=C1Nc2ccccc2Sc2c(F)cccc21. The van der Waals surface area contributed by atoms with Gasteiger partial charge in [-0.3, -0.25) is 4.79 Å². The van der Waals surface area contributed by atoms with E-state index >= 15 is 0 Å². The molecule has 2 nitrogen and oxygen atoms in total. The van der Waals surface area contributed by atoms with E-state index < -0.39 is 0 Å². The van der Waals surface area contributed by atoms with E-state index in [4.69, 9.17) is 0 Å². The molecule has 0 saturated carbocycles. The van der Waals surface area contributed by atoms with Crippen LogP contribution >= 0.6 is 11.8 Å². The molecule has 1 amide bonds. The highest BCUT2D eigenvalue weighted by atomic mass is 32.2. The quantitative estimate of drug-likeness (QED) is 0.769. The number of carbonyl (C=O) groups is 1. The second kappa shape index (κ2) is 3.89. The average Bonchev–Trinajstić information content (AvgIpc) is 2.47. The molecular weight excluding hydrogens is 237 g/mol. The zero-order valence-corrected chi connectivity index (χ0v) is 9.55. The van der Waals surface area contributed by atoms with Gasteiger partial charge in [-0.2, -0.15) is 0 Å². The lowest BCUT2D eigenvalue weighted by Crippen LogP contribution is -2.11. The topological polar surface area (TPSA) is 29.1 Å². The Morgan fingerprint density at radius 2 is 1.88 bits per heavy atom. The first kappa shape index (κ1) is 10.4. The molecule has 3 rings (SSSR count). The second-order valence-electron chi connectivity index (χ2n) is 3.67. The summed E-state index contributed by atoms with van der Waals surface area (Å²) in [4.78, 5) is 13.2. The second-order valence-corrected chi connectivity index (χ2v) is 4.72. The molecule has 1 heterocycles. The van der Waals surface area contributed by atoms with Crippen molar-refractivity contribution in [3.8, 4) is 0 Å². The van der Waals surface area contributed by atoms with Gasteiger partial charge in [0.15, 0.2) is 0 Å². The summed E-state index contributed by atoms with van der Waals surface area (Å²) in [5, 5.41) is 2.78. The number of nitrogens with one attached hydrogen (secondary N) is 1. The Balaban J connectivity index is 2.22. The third-order valence-corrected chi connectivity index (χ3v) is 3.75. The summed E-state index contributed by atoms with van der Waals surface area (Å²) in [6.07, 6.45) is 0. The minimum Gasteiger partial charge on any atom is -0.321 e. The predicted molar refractivity (Wildman–Crippen MR) is 64.9 cm³/mol. The maximum absolute atomic E-state index is 13.7. The number of halogens is 1. The molecule has 0 saturated heterocycles. The van der Waals surface area contributed by atoms with Crippen LogP contribution in [0.15, 0.2) is 52.3 Å².